The van der Waals surface area contributed by atoms with Gasteiger partial charge in [0.15, 0.2) is 29.2 Å². The molecule has 3 atom stereocenters. The summed E-state index contributed by atoms with van der Waals surface area (Å²) in [4.78, 5) is 48.2. The summed E-state index contributed by atoms with van der Waals surface area (Å²) >= 11 is 0. The number of amides is 1. The van der Waals surface area contributed by atoms with E-state index in [9.17, 15) is 34.1 Å². The number of nitrogens with zero attached hydrogens (tertiary/aromatic N) is 2. The highest BCUT2D eigenvalue weighted by Gasteiger charge is 2.33. The molecule has 1 amide bonds. The number of Topliss-reactive ketones (excluding diaryl/α,β-unsaturated/α-hetero) is 1. The van der Waals surface area contributed by atoms with Crippen molar-refractivity contribution in [1.29, 1.82) is 0 Å². The molecule has 4 N–H and O–H groups in total. The lowest BCUT2D eigenvalue weighted by molar-refractivity contribution is -0.146. The van der Waals surface area contributed by atoms with Gasteiger partial charge in [-0.2, -0.15) is 0 Å². The molecule has 0 aliphatic rings. The number of hydrogen-bond acceptors (Lipinski definition) is 8. The minimum Gasteiger partial charge on any atom is -0.505 e. The zero-order chi connectivity index (χ0) is 38.5. The van der Waals surface area contributed by atoms with Crippen LogP contribution in [0, 0.1) is 11.7 Å². The zero-order valence-corrected chi connectivity index (χ0v) is 30.0. The Morgan fingerprint density at radius 1 is 0.815 bits per heavy atom. The molecule has 5 aromatic rings. The number of hydrogen-bond donors (Lipinski definition) is 4. The highest BCUT2D eigenvalue weighted by Crippen LogP contribution is 2.26. The van der Waals surface area contributed by atoms with Crippen molar-refractivity contribution >= 4 is 17.7 Å². The van der Waals surface area contributed by atoms with Crippen LogP contribution in [-0.4, -0.2) is 55.6 Å². The third kappa shape index (κ3) is 10.8. The van der Waals surface area contributed by atoms with Crippen molar-refractivity contribution in [2.24, 2.45) is 5.92 Å². The first-order valence-electron chi connectivity index (χ1n) is 18.1. The molecule has 1 heterocycles. The number of halogens is 1. The lowest BCUT2D eigenvalue weighted by atomic mass is 9.90. The van der Waals surface area contributed by atoms with Crippen LogP contribution >= 0.6 is 0 Å². The minimum atomic E-state index is -1.71. The molecule has 0 spiro atoms. The lowest BCUT2D eigenvalue weighted by Crippen LogP contribution is -2.47. The largest absolute Gasteiger partial charge is 0.505 e. The minimum absolute atomic E-state index is 0.0184. The number of ether oxygens (including phenoxy) is 1. The van der Waals surface area contributed by atoms with Crippen molar-refractivity contribution in [3.05, 3.63) is 132 Å². The van der Waals surface area contributed by atoms with Gasteiger partial charge < -0.3 is 25.4 Å². The standard InChI is InChI=1S/C43H44FN3O7/c1-2-3-4-5-9-22-54-35-19-16-29(17-20-35)34-26-45-41(46-27-34)31-14-12-28(13-15-31)23-33(25-38(49)32-18-21-37(48)36(44)24-32)42(51)47-39(43(52)53)40(50)30-10-7-6-8-11-30/h6-8,10-21,24,26-27,33,39-40,48,50H,2-5,9,22-23,25H2,1H3,(H,47,51)(H,52,53)/t33-,39?,40?/m1/s1. The van der Waals surface area contributed by atoms with Crippen molar-refractivity contribution in [3.63, 3.8) is 0 Å². The lowest BCUT2D eigenvalue weighted by Gasteiger charge is -2.24. The van der Waals surface area contributed by atoms with Gasteiger partial charge in [-0.1, -0.05) is 99.3 Å². The number of aliphatic hydroxyl groups excluding tert-OH is 1. The Bertz CT molecular complexity index is 1990. The second-order valence-electron chi connectivity index (χ2n) is 13.2. The number of carboxylic acids is 1. The molecule has 54 heavy (non-hydrogen) atoms. The SMILES string of the molecule is CCCCCCCOc1ccc(-c2cnc(-c3ccc(C[C@H](CC(=O)c4ccc(O)c(F)c4)C(=O)NC(C(=O)O)C(O)c4ccccc4)cc3)nc2)cc1. The van der Waals surface area contributed by atoms with Crippen LogP contribution in [0.25, 0.3) is 22.5 Å². The summed E-state index contributed by atoms with van der Waals surface area (Å²) < 4.78 is 20.0. The van der Waals surface area contributed by atoms with Gasteiger partial charge in [-0.3, -0.25) is 9.59 Å². The number of unbranched alkanes of at least 4 members (excludes halogenated alkanes) is 4. The number of aliphatic carboxylic acids is 1. The highest BCUT2D eigenvalue weighted by molar-refractivity contribution is 5.99. The van der Waals surface area contributed by atoms with Gasteiger partial charge in [0, 0.05) is 41.4 Å². The smallest absolute Gasteiger partial charge is 0.329 e. The van der Waals surface area contributed by atoms with Crippen LogP contribution in [0.5, 0.6) is 11.5 Å². The Kier molecular flexibility index (Phi) is 14.0. The summed E-state index contributed by atoms with van der Waals surface area (Å²) in [6.07, 6.45) is 7.41. The van der Waals surface area contributed by atoms with Crippen molar-refractivity contribution in [1.82, 2.24) is 15.3 Å². The Morgan fingerprint density at radius 2 is 1.48 bits per heavy atom. The Labute approximate surface area is 313 Å². The fraction of sp³-hybridized carbons (Fsp3) is 0.279. The van der Waals surface area contributed by atoms with Gasteiger partial charge in [-0.25, -0.2) is 19.2 Å². The third-order valence-electron chi connectivity index (χ3n) is 9.14. The molecule has 280 valence electrons. The molecular formula is C43H44FN3O7. The van der Waals surface area contributed by atoms with Crippen molar-refractivity contribution < 1.29 is 38.8 Å². The summed E-state index contributed by atoms with van der Waals surface area (Å²) in [7, 11) is 0. The number of rotatable bonds is 19. The molecule has 11 heteroatoms. The number of aromatic hydroxyl groups is 1. The van der Waals surface area contributed by atoms with E-state index in [4.69, 9.17) is 4.74 Å². The second kappa shape index (κ2) is 19.2. The number of phenolic OH excluding ortho intramolecular Hbond substituents is 1. The number of carbonyl (C=O) groups is 3. The molecule has 0 saturated carbocycles. The normalized spacial score (nSPS) is 12.7. The van der Waals surface area contributed by atoms with Crippen LogP contribution < -0.4 is 10.1 Å². The van der Waals surface area contributed by atoms with Crippen molar-refractivity contribution in [2.75, 3.05) is 6.61 Å². The first kappa shape index (κ1) is 39.3. The van der Waals surface area contributed by atoms with E-state index in [2.05, 4.69) is 22.2 Å². The maximum Gasteiger partial charge on any atom is 0.329 e. The van der Waals surface area contributed by atoms with E-state index in [0.29, 0.717) is 23.6 Å². The van der Waals surface area contributed by atoms with Crippen molar-refractivity contribution in [2.45, 2.75) is 64.0 Å². The predicted octanol–water partition coefficient (Wildman–Crippen LogP) is 7.74. The van der Waals surface area contributed by atoms with Gasteiger partial charge in [-0.15, -0.1) is 0 Å². The van der Waals surface area contributed by atoms with E-state index in [1.165, 1.54) is 43.9 Å². The zero-order valence-electron chi connectivity index (χ0n) is 30.0. The van der Waals surface area contributed by atoms with E-state index >= 15 is 0 Å². The quantitative estimate of drug-likeness (QED) is 0.0492. The molecule has 10 nitrogen and oxygen atoms in total. The summed E-state index contributed by atoms with van der Waals surface area (Å²) in [6, 6.07) is 24.4. The summed E-state index contributed by atoms with van der Waals surface area (Å²) in [5.41, 5.74) is 3.37. The maximum absolute atomic E-state index is 14.1. The van der Waals surface area contributed by atoms with Crippen LogP contribution in [0.4, 0.5) is 4.39 Å². The Morgan fingerprint density at radius 3 is 2.13 bits per heavy atom. The summed E-state index contributed by atoms with van der Waals surface area (Å²) in [5, 5.41) is 32.7. The van der Waals surface area contributed by atoms with Gasteiger partial charge in [-0.05, 0) is 59.9 Å². The summed E-state index contributed by atoms with van der Waals surface area (Å²) in [5.74, 6) is -4.25. The monoisotopic (exact) mass is 733 g/mol. The molecule has 0 aliphatic carbocycles. The number of aromatic nitrogens is 2. The number of carboxylic acid groups (broad SMARTS) is 1. The average molecular weight is 734 g/mol. The van der Waals surface area contributed by atoms with E-state index in [1.54, 1.807) is 54.9 Å². The predicted molar refractivity (Wildman–Crippen MR) is 202 cm³/mol. The first-order valence-corrected chi connectivity index (χ1v) is 18.1. The molecule has 2 unspecified atom stereocenters. The molecule has 0 radical (unpaired) electrons. The number of aliphatic hydroxyl groups is 1. The fourth-order valence-corrected chi connectivity index (χ4v) is 6.01. The van der Waals surface area contributed by atoms with E-state index in [1.807, 2.05) is 24.3 Å². The summed E-state index contributed by atoms with van der Waals surface area (Å²) in [6.45, 7) is 2.89. The number of nitrogens with one attached hydrogen (secondary N) is 1. The van der Waals surface area contributed by atoms with Gasteiger partial charge >= 0.3 is 5.97 Å². The van der Waals surface area contributed by atoms with E-state index in [0.717, 1.165) is 35.4 Å². The molecule has 0 aliphatic heterocycles. The number of benzene rings is 4. The first-order chi connectivity index (χ1) is 26.1. The molecule has 1 aromatic heterocycles. The van der Waals surface area contributed by atoms with Crippen LogP contribution in [0.1, 0.15) is 73.0 Å². The maximum atomic E-state index is 14.1. The molecule has 4 aromatic carbocycles. The third-order valence-corrected chi connectivity index (χ3v) is 9.14. The fourth-order valence-electron chi connectivity index (χ4n) is 6.01. The number of carbonyl (C=O) groups excluding carboxylic acids is 2. The Hall–Kier alpha value is -5.94. The van der Waals surface area contributed by atoms with Gasteiger partial charge in [0.1, 0.15) is 11.9 Å². The highest BCUT2D eigenvalue weighted by atomic mass is 19.1. The topological polar surface area (TPSA) is 159 Å². The average Bonchev–Trinajstić information content (AvgIpc) is 3.19. The van der Waals surface area contributed by atoms with Crippen LogP contribution in [0.2, 0.25) is 0 Å². The molecule has 5 rings (SSSR count). The van der Waals surface area contributed by atoms with Gasteiger partial charge in [0.05, 0.1) is 6.61 Å². The molecule has 0 fully saturated rings. The Balaban J connectivity index is 1.27. The van der Waals surface area contributed by atoms with E-state index < -0.39 is 53.7 Å². The second-order valence-corrected chi connectivity index (χ2v) is 13.2. The molecule has 0 bridgehead atoms. The van der Waals surface area contributed by atoms with Gasteiger partial charge in [0.25, 0.3) is 0 Å². The molecular weight excluding hydrogens is 689 g/mol. The van der Waals surface area contributed by atoms with E-state index in [-0.39, 0.29) is 17.5 Å². The van der Waals surface area contributed by atoms with Crippen LogP contribution in [0.3, 0.4) is 0 Å². The molecule has 0 saturated heterocycles. The van der Waals surface area contributed by atoms with Crippen molar-refractivity contribution in [3.8, 4) is 34.0 Å². The van der Waals surface area contributed by atoms with Crippen LogP contribution in [0.15, 0.2) is 109 Å². The number of ketones is 1. The van der Waals surface area contributed by atoms with Crippen LogP contribution in [-0.2, 0) is 16.0 Å². The number of phenols is 1. The van der Waals surface area contributed by atoms with Gasteiger partial charge in [0.2, 0.25) is 5.91 Å².